The van der Waals surface area contributed by atoms with Gasteiger partial charge in [0.15, 0.2) is 0 Å². The monoisotopic (exact) mass is 284 g/mol. The highest BCUT2D eigenvalue weighted by atomic mass is 35.5. The lowest BCUT2D eigenvalue weighted by Crippen LogP contribution is -2.23. The minimum absolute atomic E-state index is 0.0744. The Morgan fingerprint density at radius 3 is 2.90 bits per heavy atom. The number of fused-ring (bicyclic) bond motifs is 1. The molecule has 3 rings (SSSR count). The zero-order valence-corrected chi connectivity index (χ0v) is 11.5. The molecule has 1 unspecified atom stereocenters. The van der Waals surface area contributed by atoms with Crippen LogP contribution in [0.1, 0.15) is 22.7 Å². The summed E-state index contributed by atoms with van der Waals surface area (Å²) in [6, 6.07) is 15.6. The summed E-state index contributed by atoms with van der Waals surface area (Å²) in [4.78, 5) is 0. The number of nitrogens with one attached hydrogen (secondary N) is 1. The van der Waals surface area contributed by atoms with E-state index in [0.29, 0.717) is 23.8 Å². The largest absolute Gasteiger partial charge is 0.375 e. The standard InChI is InChI=1S/C16H13ClN2O/c17-14-7-11(8-18)5-6-15(14)19-16-10-20-9-12-3-1-2-4-13(12)16/h1-7,16,19H,9-10H2. The smallest absolute Gasteiger partial charge is 0.0992 e. The number of benzene rings is 2. The second-order valence-electron chi connectivity index (χ2n) is 4.72. The van der Waals surface area contributed by atoms with Crippen LogP contribution in [0.15, 0.2) is 42.5 Å². The molecule has 2 aromatic carbocycles. The lowest BCUT2D eigenvalue weighted by atomic mass is 9.99. The van der Waals surface area contributed by atoms with Crippen molar-refractivity contribution in [3.63, 3.8) is 0 Å². The van der Waals surface area contributed by atoms with Crippen LogP contribution < -0.4 is 5.32 Å². The fourth-order valence-corrected chi connectivity index (χ4v) is 2.63. The summed E-state index contributed by atoms with van der Waals surface area (Å²) in [7, 11) is 0. The van der Waals surface area contributed by atoms with Crippen LogP contribution in [0.4, 0.5) is 5.69 Å². The van der Waals surface area contributed by atoms with Gasteiger partial charge in [-0.25, -0.2) is 0 Å². The van der Waals surface area contributed by atoms with Crippen molar-refractivity contribution in [2.24, 2.45) is 0 Å². The molecule has 3 nitrogen and oxygen atoms in total. The maximum atomic E-state index is 8.86. The van der Waals surface area contributed by atoms with E-state index in [4.69, 9.17) is 21.6 Å². The number of hydrogen-bond acceptors (Lipinski definition) is 3. The molecule has 0 aliphatic carbocycles. The van der Waals surface area contributed by atoms with Crippen LogP contribution in [0.5, 0.6) is 0 Å². The third-order valence-corrected chi connectivity index (χ3v) is 3.71. The van der Waals surface area contributed by atoms with Crippen molar-refractivity contribution in [1.29, 1.82) is 5.26 Å². The summed E-state index contributed by atoms with van der Waals surface area (Å²) in [6.45, 7) is 1.25. The van der Waals surface area contributed by atoms with Crippen LogP contribution in [-0.2, 0) is 11.3 Å². The van der Waals surface area contributed by atoms with Crippen LogP contribution in [0.3, 0.4) is 0 Å². The Labute approximate surface area is 122 Å². The quantitative estimate of drug-likeness (QED) is 0.910. The summed E-state index contributed by atoms with van der Waals surface area (Å²) < 4.78 is 5.61. The van der Waals surface area contributed by atoms with Gasteiger partial charge in [0, 0.05) is 0 Å². The summed E-state index contributed by atoms with van der Waals surface area (Å²) in [5.41, 5.74) is 3.80. The molecule has 1 aliphatic rings. The van der Waals surface area contributed by atoms with Crippen LogP contribution in [0, 0.1) is 11.3 Å². The van der Waals surface area contributed by atoms with Crippen LogP contribution >= 0.6 is 11.6 Å². The fraction of sp³-hybridized carbons (Fsp3) is 0.188. The van der Waals surface area contributed by atoms with E-state index in [0.717, 1.165) is 5.69 Å². The predicted molar refractivity (Wildman–Crippen MR) is 78.6 cm³/mol. The van der Waals surface area contributed by atoms with Crippen molar-refractivity contribution in [2.45, 2.75) is 12.6 Å². The number of anilines is 1. The Morgan fingerprint density at radius 2 is 2.10 bits per heavy atom. The van der Waals surface area contributed by atoms with Gasteiger partial charge in [0.2, 0.25) is 0 Å². The van der Waals surface area contributed by atoms with E-state index >= 15 is 0 Å². The van der Waals surface area contributed by atoms with E-state index in [1.54, 1.807) is 12.1 Å². The summed E-state index contributed by atoms with van der Waals surface area (Å²) >= 11 is 6.20. The first kappa shape index (κ1) is 13.0. The second-order valence-corrected chi connectivity index (χ2v) is 5.12. The first-order chi connectivity index (χ1) is 9.78. The van der Waals surface area contributed by atoms with Crippen LogP contribution in [0.25, 0.3) is 0 Å². The van der Waals surface area contributed by atoms with E-state index in [9.17, 15) is 0 Å². The topological polar surface area (TPSA) is 45.0 Å². The fourth-order valence-electron chi connectivity index (χ4n) is 2.39. The normalized spacial score (nSPS) is 17.1. The molecule has 20 heavy (non-hydrogen) atoms. The molecule has 0 radical (unpaired) electrons. The van der Waals surface area contributed by atoms with Crippen molar-refractivity contribution in [3.05, 3.63) is 64.2 Å². The van der Waals surface area contributed by atoms with Gasteiger partial charge in [-0.15, -0.1) is 0 Å². The Hall–Kier alpha value is -2.02. The van der Waals surface area contributed by atoms with Gasteiger partial charge in [0.25, 0.3) is 0 Å². The van der Waals surface area contributed by atoms with Crippen LogP contribution in [0.2, 0.25) is 5.02 Å². The summed E-state index contributed by atoms with van der Waals surface area (Å²) in [6.07, 6.45) is 0. The van der Waals surface area contributed by atoms with Crippen molar-refractivity contribution in [2.75, 3.05) is 11.9 Å². The Balaban J connectivity index is 1.88. The van der Waals surface area contributed by atoms with E-state index < -0.39 is 0 Å². The van der Waals surface area contributed by atoms with Gasteiger partial charge in [0.05, 0.1) is 41.6 Å². The second kappa shape index (κ2) is 5.54. The third-order valence-electron chi connectivity index (χ3n) is 3.40. The third kappa shape index (κ3) is 2.49. The Morgan fingerprint density at radius 1 is 1.25 bits per heavy atom. The van der Waals surface area contributed by atoms with Gasteiger partial charge in [-0.05, 0) is 29.3 Å². The molecule has 0 saturated carbocycles. The molecular weight excluding hydrogens is 272 g/mol. The molecule has 0 saturated heterocycles. The molecule has 2 aromatic rings. The average Bonchev–Trinajstić information content (AvgIpc) is 2.49. The lowest BCUT2D eigenvalue weighted by Gasteiger charge is -2.27. The van der Waals surface area contributed by atoms with Crippen molar-refractivity contribution < 1.29 is 4.74 Å². The van der Waals surface area contributed by atoms with E-state index in [1.165, 1.54) is 11.1 Å². The van der Waals surface area contributed by atoms with Crippen molar-refractivity contribution in [1.82, 2.24) is 0 Å². The molecule has 0 amide bonds. The van der Waals surface area contributed by atoms with Gasteiger partial charge >= 0.3 is 0 Å². The SMILES string of the molecule is N#Cc1ccc(NC2COCc3ccccc32)c(Cl)c1. The van der Waals surface area contributed by atoms with Gasteiger partial charge in [-0.3, -0.25) is 0 Å². The summed E-state index contributed by atoms with van der Waals surface area (Å²) in [5.74, 6) is 0. The average molecular weight is 285 g/mol. The number of nitriles is 1. The number of halogens is 1. The van der Waals surface area contributed by atoms with Gasteiger partial charge in [-0.1, -0.05) is 35.9 Å². The summed E-state index contributed by atoms with van der Waals surface area (Å²) in [5, 5.41) is 12.8. The number of ether oxygens (including phenoxy) is 1. The van der Waals surface area contributed by atoms with E-state index in [2.05, 4.69) is 23.5 Å². The first-order valence-electron chi connectivity index (χ1n) is 6.39. The van der Waals surface area contributed by atoms with Crippen LogP contribution in [-0.4, -0.2) is 6.61 Å². The molecule has 1 N–H and O–H groups in total. The molecule has 0 spiro atoms. The minimum Gasteiger partial charge on any atom is -0.375 e. The van der Waals surface area contributed by atoms with E-state index in [-0.39, 0.29) is 6.04 Å². The van der Waals surface area contributed by atoms with Gasteiger partial charge < -0.3 is 10.1 Å². The number of hydrogen-bond donors (Lipinski definition) is 1. The Kier molecular flexibility index (Phi) is 3.60. The number of nitrogens with zero attached hydrogens (tertiary/aromatic N) is 1. The molecule has 0 fully saturated rings. The van der Waals surface area contributed by atoms with Crippen molar-refractivity contribution in [3.8, 4) is 6.07 Å². The molecular formula is C16H13ClN2O. The zero-order valence-electron chi connectivity index (χ0n) is 10.8. The maximum absolute atomic E-state index is 8.86. The predicted octanol–water partition coefficient (Wildman–Crippen LogP) is 3.90. The number of rotatable bonds is 2. The highest BCUT2D eigenvalue weighted by Gasteiger charge is 2.20. The highest BCUT2D eigenvalue weighted by molar-refractivity contribution is 6.33. The van der Waals surface area contributed by atoms with E-state index in [1.807, 2.05) is 18.2 Å². The molecule has 0 aromatic heterocycles. The van der Waals surface area contributed by atoms with Crippen molar-refractivity contribution >= 4 is 17.3 Å². The molecule has 1 atom stereocenters. The maximum Gasteiger partial charge on any atom is 0.0992 e. The molecule has 4 heteroatoms. The lowest BCUT2D eigenvalue weighted by molar-refractivity contribution is 0.0970. The van der Waals surface area contributed by atoms with Gasteiger partial charge in [0.1, 0.15) is 0 Å². The molecule has 0 bridgehead atoms. The molecule has 100 valence electrons. The minimum atomic E-state index is 0.0744. The molecule has 1 heterocycles. The first-order valence-corrected chi connectivity index (χ1v) is 6.77. The van der Waals surface area contributed by atoms with Gasteiger partial charge in [-0.2, -0.15) is 5.26 Å². The highest BCUT2D eigenvalue weighted by Crippen LogP contribution is 2.31. The molecule has 1 aliphatic heterocycles. The Bertz CT molecular complexity index is 678. The zero-order chi connectivity index (χ0) is 13.9.